The van der Waals surface area contributed by atoms with Gasteiger partial charge in [-0.3, -0.25) is 4.79 Å². The fourth-order valence-corrected chi connectivity index (χ4v) is 2.95. The number of hydrogen-bond acceptors (Lipinski definition) is 4. The number of amides is 1. The molecule has 24 heavy (non-hydrogen) atoms. The molecule has 0 bridgehead atoms. The summed E-state index contributed by atoms with van der Waals surface area (Å²) in [6, 6.07) is 5.97. The maximum Gasteiger partial charge on any atom is 0.255 e. The molecule has 6 nitrogen and oxygen atoms in total. The molecule has 0 radical (unpaired) electrons. The second-order valence-corrected chi connectivity index (χ2v) is 6.25. The summed E-state index contributed by atoms with van der Waals surface area (Å²) in [5.41, 5.74) is 2.52. The molecule has 2 aromatic heterocycles. The summed E-state index contributed by atoms with van der Waals surface area (Å²) >= 11 is 0. The summed E-state index contributed by atoms with van der Waals surface area (Å²) in [6.07, 6.45) is 6.58. The van der Waals surface area contributed by atoms with Crippen LogP contribution in [0.2, 0.25) is 0 Å². The van der Waals surface area contributed by atoms with E-state index in [9.17, 15) is 4.79 Å². The number of carbonyl (C=O) groups excluding carboxylic acids is 1. The Hall–Kier alpha value is -2.63. The van der Waals surface area contributed by atoms with Gasteiger partial charge in [0.25, 0.3) is 5.91 Å². The predicted octanol–water partition coefficient (Wildman–Crippen LogP) is 2.89. The average Bonchev–Trinajstić information content (AvgIpc) is 3.19. The summed E-state index contributed by atoms with van der Waals surface area (Å²) < 4.78 is 7.52. The smallest absolute Gasteiger partial charge is 0.255 e. The van der Waals surface area contributed by atoms with E-state index in [4.69, 9.17) is 4.42 Å². The Bertz CT molecular complexity index is 876. The number of rotatable bonds is 6. The van der Waals surface area contributed by atoms with Crippen LogP contribution in [0.3, 0.4) is 0 Å². The minimum absolute atomic E-state index is 0.108. The van der Waals surface area contributed by atoms with E-state index in [0.717, 1.165) is 23.2 Å². The molecule has 3 aromatic rings. The highest BCUT2D eigenvalue weighted by Gasteiger charge is 2.28. The number of carbonyl (C=O) groups is 1. The summed E-state index contributed by atoms with van der Waals surface area (Å²) in [6.45, 7) is 3.31. The van der Waals surface area contributed by atoms with Gasteiger partial charge in [-0.1, -0.05) is 13.0 Å². The predicted molar refractivity (Wildman–Crippen MR) is 89.9 cm³/mol. The minimum Gasteiger partial charge on any atom is -0.463 e. The summed E-state index contributed by atoms with van der Waals surface area (Å²) in [5.74, 6) is 1.47. The average molecular weight is 324 g/mol. The van der Waals surface area contributed by atoms with E-state index in [1.165, 1.54) is 24.7 Å². The molecule has 6 heteroatoms. The van der Waals surface area contributed by atoms with Gasteiger partial charge in [-0.2, -0.15) is 0 Å². The maximum atomic E-state index is 12.5. The molecule has 0 unspecified atom stereocenters. The lowest BCUT2D eigenvalue weighted by Gasteiger charge is -2.07. The molecule has 0 atom stereocenters. The number of furan rings is 1. The number of nitrogens with zero attached hydrogens (tertiary/aromatic N) is 3. The van der Waals surface area contributed by atoms with Gasteiger partial charge in [0.2, 0.25) is 0 Å². The Labute approximate surface area is 139 Å². The number of nitrogens with one attached hydrogen (secondary N) is 1. The second-order valence-electron chi connectivity index (χ2n) is 6.25. The Kier molecular flexibility index (Phi) is 3.80. The number of aromatic nitrogens is 3. The lowest BCUT2D eigenvalue weighted by molar-refractivity contribution is 0.0953. The molecule has 0 aliphatic heterocycles. The first-order valence-corrected chi connectivity index (χ1v) is 8.42. The van der Waals surface area contributed by atoms with Crippen LogP contribution in [-0.4, -0.2) is 27.2 Å². The van der Waals surface area contributed by atoms with Gasteiger partial charge in [-0.05, 0) is 37.0 Å². The maximum absolute atomic E-state index is 12.5. The molecule has 0 spiro atoms. The van der Waals surface area contributed by atoms with Gasteiger partial charge in [0, 0.05) is 24.4 Å². The van der Waals surface area contributed by atoms with Crippen molar-refractivity contribution in [2.24, 2.45) is 0 Å². The van der Waals surface area contributed by atoms with Crippen LogP contribution in [0.25, 0.3) is 11.0 Å². The van der Waals surface area contributed by atoms with Crippen molar-refractivity contribution in [3.8, 4) is 0 Å². The van der Waals surface area contributed by atoms with Crippen LogP contribution in [0.1, 0.15) is 47.4 Å². The normalized spacial score (nSPS) is 14.2. The van der Waals surface area contributed by atoms with Gasteiger partial charge in [0.05, 0.1) is 5.56 Å². The Morgan fingerprint density at radius 3 is 3.08 bits per heavy atom. The molecular weight excluding hydrogens is 304 g/mol. The van der Waals surface area contributed by atoms with Crippen LogP contribution in [0.15, 0.2) is 35.2 Å². The van der Waals surface area contributed by atoms with Crippen molar-refractivity contribution < 1.29 is 9.21 Å². The van der Waals surface area contributed by atoms with Crippen LogP contribution in [-0.2, 0) is 13.0 Å². The molecule has 1 N–H and O–H groups in total. The van der Waals surface area contributed by atoms with Crippen molar-refractivity contribution in [2.45, 2.75) is 38.6 Å². The molecule has 2 heterocycles. The van der Waals surface area contributed by atoms with Crippen LogP contribution in [0.4, 0.5) is 0 Å². The molecule has 0 saturated heterocycles. The number of benzene rings is 1. The number of fused-ring (bicyclic) bond motifs is 1. The van der Waals surface area contributed by atoms with Gasteiger partial charge in [-0.15, -0.1) is 10.2 Å². The molecule has 1 saturated carbocycles. The Balaban J connectivity index is 1.43. The zero-order valence-electron chi connectivity index (χ0n) is 13.7. The van der Waals surface area contributed by atoms with Crippen molar-refractivity contribution in [3.63, 3.8) is 0 Å². The van der Waals surface area contributed by atoms with Crippen LogP contribution in [0, 0.1) is 0 Å². The summed E-state index contributed by atoms with van der Waals surface area (Å²) in [7, 11) is 0. The van der Waals surface area contributed by atoms with E-state index in [-0.39, 0.29) is 5.91 Å². The van der Waals surface area contributed by atoms with Crippen LogP contribution >= 0.6 is 0 Å². The van der Waals surface area contributed by atoms with E-state index < -0.39 is 0 Å². The molecule has 1 aliphatic carbocycles. The summed E-state index contributed by atoms with van der Waals surface area (Å²) in [4.78, 5) is 12.5. The monoisotopic (exact) mass is 324 g/mol. The van der Waals surface area contributed by atoms with Gasteiger partial charge in [0.1, 0.15) is 24.0 Å². The lowest BCUT2D eigenvalue weighted by atomic mass is 10.1. The minimum atomic E-state index is -0.108. The van der Waals surface area contributed by atoms with E-state index in [1.54, 1.807) is 6.33 Å². The molecule has 1 amide bonds. The van der Waals surface area contributed by atoms with Crippen molar-refractivity contribution in [2.75, 3.05) is 6.54 Å². The number of aryl methyl sites for hydroxylation is 1. The third kappa shape index (κ3) is 2.79. The highest BCUT2D eigenvalue weighted by atomic mass is 16.3. The van der Waals surface area contributed by atoms with Gasteiger partial charge in [-0.25, -0.2) is 0 Å². The Morgan fingerprint density at radius 1 is 1.42 bits per heavy atom. The first-order chi connectivity index (χ1) is 11.8. The van der Waals surface area contributed by atoms with Gasteiger partial charge >= 0.3 is 0 Å². The van der Waals surface area contributed by atoms with Crippen molar-refractivity contribution in [3.05, 3.63) is 47.7 Å². The van der Waals surface area contributed by atoms with Crippen molar-refractivity contribution in [1.29, 1.82) is 0 Å². The standard InChI is InChI=1S/C18H20N4O2/c1-2-12-3-6-16-14(9-12)15(10-24-16)18(23)19-7-8-22-11-20-21-17(22)13-4-5-13/h3,6,9-11,13H,2,4-5,7-8H2,1H3,(H,19,23). The zero-order chi connectivity index (χ0) is 16.5. The van der Waals surface area contributed by atoms with Gasteiger partial charge < -0.3 is 14.3 Å². The first kappa shape index (κ1) is 14.9. The van der Waals surface area contributed by atoms with E-state index in [1.807, 2.05) is 22.8 Å². The van der Waals surface area contributed by atoms with E-state index >= 15 is 0 Å². The third-order valence-corrected chi connectivity index (χ3v) is 4.52. The van der Waals surface area contributed by atoms with E-state index in [0.29, 0.717) is 24.6 Å². The summed E-state index contributed by atoms with van der Waals surface area (Å²) in [5, 5.41) is 12.0. The molecular formula is C18H20N4O2. The SMILES string of the molecule is CCc1ccc2occ(C(=O)NCCn3cnnc3C3CC3)c2c1. The van der Waals surface area contributed by atoms with Crippen molar-refractivity contribution in [1.82, 2.24) is 20.1 Å². The molecule has 124 valence electrons. The van der Waals surface area contributed by atoms with Crippen LogP contribution in [0.5, 0.6) is 0 Å². The third-order valence-electron chi connectivity index (χ3n) is 4.52. The van der Waals surface area contributed by atoms with E-state index in [2.05, 4.69) is 22.4 Å². The number of hydrogen-bond donors (Lipinski definition) is 1. The fourth-order valence-electron chi connectivity index (χ4n) is 2.95. The first-order valence-electron chi connectivity index (χ1n) is 8.42. The highest BCUT2D eigenvalue weighted by molar-refractivity contribution is 6.06. The Morgan fingerprint density at radius 2 is 2.29 bits per heavy atom. The molecule has 4 rings (SSSR count). The highest BCUT2D eigenvalue weighted by Crippen LogP contribution is 2.38. The van der Waals surface area contributed by atoms with Gasteiger partial charge in [0.15, 0.2) is 0 Å². The van der Waals surface area contributed by atoms with Crippen LogP contribution < -0.4 is 5.32 Å². The molecule has 1 fully saturated rings. The zero-order valence-corrected chi connectivity index (χ0v) is 13.7. The molecule has 1 aromatic carbocycles. The van der Waals surface area contributed by atoms with Crippen molar-refractivity contribution >= 4 is 16.9 Å². The largest absolute Gasteiger partial charge is 0.463 e. The topological polar surface area (TPSA) is 73.0 Å². The second kappa shape index (κ2) is 6.11. The molecule has 1 aliphatic rings. The fraction of sp³-hybridized carbons (Fsp3) is 0.389. The lowest BCUT2D eigenvalue weighted by Crippen LogP contribution is -2.27. The quantitative estimate of drug-likeness (QED) is 0.756.